The molecule has 4 nitrogen and oxygen atoms in total. The summed E-state index contributed by atoms with van der Waals surface area (Å²) in [7, 11) is 0. The molecule has 30 heavy (non-hydrogen) atoms. The molecule has 2 amide bonds. The first-order valence-corrected chi connectivity index (χ1v) is 11.8. The highest BCUT2D eigenvalue weighted by molar-refractivity contribution is 7.99. The number of thioether (sulfide) groups is 1. The van der Waals surface area contributed by atoms with Crippen LogP contribution in [0.25, 0.3) is 0 Å². The first-order valence-electron chi connectivity index (χ1n) is 10.7. The van der Waals surface area contributed by atoms with Crippen LogP contribution >= 0.6 is 11.8 Å². The summed E-state index contributed by atoms with van der Waals surface area (Å²) in [5, 5.41) is 3.00. The van der Waals surface area contributed by atoms with E-state index in [0.717, 1.165) is 11.3 Å². The van der Waals surface area contributed by atoms with E-state index in [-0.39, 0.29) is 11.8 Å². The van der Waals surface area contributed by atoms with Crippen LogP contribution in [0.2, 0.25) is 0 Å². The van der Waals surface area contributed by atoms with Crippen molar-refractivity contribution in [3.05, 3.63) is 71.3 Å². The predicted molar refractivity (Wildman–Crippen MR) is 126 cm³/mol. The smallest absolute Gasteiger partial charge is 0.242 e. The number of hydrogen-bond donors (Lipinski definition) is 1. The van der Waals surface area contributed by atoms with Crippen molar-refractivity contribution in [2.45, 2.75) is 52.5 Å². The van der Waals surface area contributed by atoms with Gasteiger partial charge in [0.15, 0.2) is 0 Å². The Morgan fingerprint density at radius 2 is 1.70 bits per heavy atom. The average molecular weight is 427 g/mol. The second-order valence-electron chi connectivity index (χ2n) is 7.99. The summed E-state index contributed by atoms with van der Waals surface area (Å²) < 4.78 is 0. The van der Waals surface area contributed by atoms with E-state index < -0.39 is 6.04 Å². The number of nitrogens with zero attached hydrogens (tertiary/aromatic N) is 1. The third kappa shape index (κ3) is 7.52. The molecular weight excluding hydrogens is 392 g/mol. The zero-order valence-corrected chi connectivity index (χ0v) is 19.4. The van der Waals surface area contributed by atoms with Gasteiger partial charge in [0.25, 0.3) is 0 Å². The Kier molecular flexibility index (Phi) is 9.95. The third-order valence-corrected chi connectivity index (χ3v) is 5.98. The molecular formula is C25H34N2O2S. The molecule has 0 heterocycles. The zero-order chi connectivity index (χ0) is 21.9. The predicted octanol–water partition coefficient (Wildman–Crippen LogP) is 4.81. The summed E-state index contributed by atoms with van der Waals surface area (Å²) >= 11 is 1.60. The number of carbonyl (C=O) groups excluding carboxylic acids is 2. The molecule has 0 unspecified atom stereocenters. The van der Waals surface area contributed by atoms with Crippen LogP contribution in [-0.4, -0.2) is 35.1 Å². The van der Waals surface area contributed by atoms with Crippen LogP contribution in [-0.2, 0) is 21.9 Å². The summed E-state index contributed by atoms with van der Waals surface area (Å²) in [6.45, 7) is 9.24. The third-order valence-electron chi connectivity index (χ3n) is 5.01. The molecule has 0 radical (unpaired) electrons. The van der Waals surface area contributed by atoms with Crippen LogP contribution in [0.15, 0.2) is 54.6 Å². The number of aryl methyl sites for hydroxylation is 1. The molecule has 0 spiro atoms. The first kappa shape index (κ1) is 24.0. The fourth-order valence-electron chi connectivity index (χ4n) is 3.23. The minimum atomic E-state index is -0.462. The van der Waals surface area contributed by atoms with Crippen LogP contribution in [0.4, 0.5) is 0 Å². The van der Waals surface area contributed by atoms with Crippen molar-refractivity contribution in [1.29, 1.82) is 0 Å². The van der Waals surface area contributed by atoms with E-state index in [0.29, 0.717) is 31.2 Å². The molecule has 2 rings (SSSR count). The topological polar surface area (TPSA) is 49.4 Å². The van der Waals surface area contributed by atoms with E-state index in [2.05, 4.69) is 38.2 Å². The molecule has 0 fully saturated rings. The highest BCUT2D eigenvalue weighted by Gasteiger charge is 2.28. The van der Waals surface area contributed by atoms with Crippen molar-refractivity contribution < 1.29 is 9.59 Å². The quantitative estimate of drug-likeness (QED) is 0.561. The van der Waals surface area contributed by atoms with Crippen LogP contribution in [0.3, 0.4) is 0 Å². The average Bonchev–Trinajstić information content (AvgIpc) is 2.74. The molecule has 0 aromatic heterocycles. The molecule has 0 saturated heterocycles. The minimum absolute atomic E-state index is 0.00369. The summed E-state index contributed by atoms with van der Waals surface area (Å²) in [5.41, 5.74) is 3.51. The van der Waals surface area contributed by atoms with E-state index in [4.69, 9.17) is 0 Å². The van der Waals surface area contributed by atoms with Gasteiger partial charge in [-0.05, 0) is 36.0 Å². The van der Waals surface area contributed by atoms with Gasteiger partial charge in [-0.2, -0.15) is 0 Å². The van der Waals surface area contributed by atoms with Gasteiger partial charge in [0.05, 0.1) is 5.75 Å². The van der Waals surface area contributed by atoms with Gasteiger partial charge < -0.3 is 10.2 Å². The first-order chi connectivity index (χ1) is 14.4. The molecule has 162 valence electrons. The summed E-state index contributed by atoms with van der Waals surface area (Å²) in [5.74, 6) is 1.45. The van der Waals surface area contributed by atoms with Crippen LogP contribution in [0, 0.1) is 12.8 Å². The Morgan fingerprint density at radius 3 is 2.33 bits per heavy atom. The van der Waals surface area contributed by atoms with Crippen LogP contribution in [0.5, 0.6) is 0 Å². The lowest BCUT2D eigenvalue weighted by molar-refractivity contribution is -0.139. The molecule has 2 aromatic carbocycles. The second-order valence-corrected chi connectivity index (χ2v) is 8.98. The Labute approximate surface area is 185 Å². The number of hydrogen-bond acceptors (Lipinski definition) is 3. The zero-order valence-electron chi connectivity index (χ0n) is 18.6. The molecule has 1 atom stereocenters. The summed E-state index contributed by atoms with van der Waals surface area (Å²) in [4.78, 5) is 27.8. The van der Waals surface area contributed by atoms with E-state index in [9.17, 15) is 9.59 Å². The van der Waals surface area contributed by atoms with Crippen LogP contribution < -0.4 is 5.32 Å². The van der Waals surface area contributed by atoms with E-state index in [1.165, 1.54) is 11.1 Å². The van der Waals surface area contributed by atoms with Gasteiger partial charge in [0.2, 0.25) is 11.8 Å². The monoisotopic (exact) mass is 426 g/mol. The van der Waals surface area contributed by atoms with Crippen molar-refractivity contribution in [1.82, 2.24) is 10.2 Å². The van der Waals surface area contributed by atoms with Gasteiger partial charge in [-0.15, -0.1) is 11.8 Å². The highest BCUT2D eigenvalue weighted by atomic mass is 32.2. The van der Waals surface area contributed by atoms with Gasteiger partial charge in [0.1, 0.15) is 6.04 Å². The van der Waals surface area contributed by atoms with E-state index >= 15 is 0 Å². The standard InChI is InChI=1S/C25H34N2O2S/c1-5-23(25(29)26-15-19(2)3)27(16-21-12-7-6-8-13-21)24(28)18-30-17-22-14-10-9-11-20(22)4/h6-14,19,23H,5,15-18H2,1-4H3,(H,26,29)/t23-/m1/s1. The highest BCUT2D eigenvalue weighted by Crippen LogP contribution is 2.19. The Bertz CT molecular complexity index is 808. The lowest BCUT2D eigenvalue weighted by Gasteiger charge is -2.31. The largest absolute Gasteiger partial charge is 0.354 e. The molecule has 5 heteroatoms. The second kappa shape index (κ2) is 12.4. The number of carbonyl (C=O) groups is 2. The van der Waals surface area contributed by atoms with E-state index in [1.54, 1.807) is 16.7 Å². The SMILES string of the molecule is CC[C@H](C(=O)NCC(C)C)N(Cc1ccccc1)C(=O)CSCc1ccccc1C. The maximum atomic E-state index is 13.2. The van der Waals surface area contributed by atoms with Gasteiger partial charge in [-0.3, -0.25) is 9.59 Å². The summed E-state index contributed by atoms with van der Waals surface area (Å²) in [6, 6.07) is 17.7. The number of amides is 2. The van der Waals surface area contributed by atoms with Crippen molar-refractivity contribution >= 4 is 23.6 Å². The fourth-order valence-corrected chi connectivity index (χ4v) is 4.21. The molecule has 0 bridgehead atoms. The normalized spacial score (nSPS) is 11.9. The molecule has 1 N–H and O–H groups in total. The minimum Gasteiger partial charge on any atom is -0.354 e. The summed E-state index contributed by atoms with van der Waals surface area (Å²) in [6.07, 6.45) is 0.588. The fraction of sp³-hybridized carbons (Fsp3) is 0.440. The maximum Gasteiger partial charge on any atom is 0.242 e. The lowest BCUT2D eigenvalue weighted by Crippen LogP contribution is -2.50. The molecule has 0 aliphatic rings. The molecule has 0 aliphatic carbocycles. The number of benzene rings is 2. The van der Waals surface area contributed by atoms with Crippen molar-refractivity contribution in [3.63, 3.8) is 0 Å². The van der Waals surface area contributed by atoms with Gasteiger partial charge in [0, 0.05) is 18.8 Å². The Morgan fingerprint density at radius 1 is 1.03 bits per heavy atom. The Balaban J connectivity index is 2.09. The van der Waals surface area contributed by atoms with Gasteiger partial charge in [-0.1, -0.05) is 75.4 Å². The van der Waals surface area contributed by atoms with Crippen molar-refractivity contribution in [2.24, 2.45) is 5.92 Å². The van der Waals surface area contributed by atoms with Crippen molar-refractivity contribution in [3.8, 4) is 0 Å². The molecule has 0 aliphatic heterocycles. The lowest BCUT2D eigenvalue weighted by atomic mass is 10.1. The van der Waals surface area contributed by atoms with Gasteiger partial charge >= 0.3 is 0 Å². The number of nitrogens with one attached hydrogen (secondary N) is 1. The van der Waals surface area contributed by atoms with Crippen LogP contribution in [0.1, 0.15) is 43.9 Å². The van der Waals surface area contributed by atoms with E-state index in [1.807, 2.05) is 49.4 Å². The van der Waals surface area contributed by atoms with Crippen molar-refractivity contribution in [2.75, 3.05) is 12.3 Å². The molecule has 0 saturated carbocycles. The maximum absolute atomic E-state index is 13.2. The Hall–Kier alpha value is -2.27. The molecule has 2 aromatic rings. The van der Waals surface area contributed by atoms with Gasteiger partial charge in [-0.25, -0.2) is 0 Å². The number of rotatable bonds is 11.